The van der Waals surface area contributed by atoms with E-state index in [1.807, 2.05) is 26.2 Å². The van der Waals surface area contributed by atoms with Crippen LogP contribution >= 0.6 is 11.3 Å². The second-order valence-corrected chi connectivity index (χ2v) is 11.4. The standard InChI is InChI=1S/C26H26N2O6S2/c1-15(2)14-34-20-11-6-17(13-16(20)3)24(29)22-23(21-5-4-12-35-21)28(26(31)25(22)30)18-7-9-19(10-8-18)36(27,32)33/h4-13,15,23,29H,14H2,1-3H3,(H2,27,32,33)/b24-22-. The second kappa shape index (κ2) is 9.88. The largest absolute Gasteiger partial charge is 0.507 e. The van der Waals surface area contributed by atoms with Gasteiger partial charge in [0.1, 0.15) is 17.6 Å². The zero-order valence-corrected chi connectivity index (χ0v) is 21.6. The number of ketones is 1. The first kappa shape index (κ1) is 25.6. The van der Waals surface area contributed by atoms with Gasteiger partial charge in [-0.2, -0.15) is 0 Å². The first-order chi connectivity index (χ1) is 17.0. The van der Waals surface area contributed by atoms with Gasteiger partial charge in [-0.25, -0.2) is 13.6 Å². The molecule has 1 atom stereocenters. The molecule has 1 aromatic heterocycles. The van der Waals surface area contributed by atoms with Crippen LogP contribution in [0.4, 0.5) is 5.69 Å². The minimum Gasteiger partial charge on any atom is -0.507 e. The number of nitrogens with two attached hydrogens (primary N) is 1. The molecule has 1 saturated heterocycles. The number of rotatable bonds is 7. The molecular formula is C26H26N2O6S2. The highest BCUT2D eigenvalue weighted by molar-refractivity contribution is 7.89. The fraction of sp³-hybridized carbons (Fsp3) is 0.231. The number of anilines is 1. The van der Waals surface area contributed by atoms with Crippen LogP contribution in [0.1, 0.15) is 35.9 Å². The third-order valence-corrected chi connectivity index (χ3v) is 7.58. The molecule has 3 aromatic rings. The van der Waals surface area contributed by atoms with Crippen molar-refractivity contribution in [2.45, 2.75) is 31.7 Å². The van der Waals surface area contributed by atoms with Crippen LogP contribution in [0.2, 0.25) is 0 Å². The molecule has 10 heteroatoms. The fourth-order valence-electron chi connectivity index (χ4n) is 3.98. The Labute approximate surface area is 213 Å². The Morgan fingerprint density at radius 2 is 1.83 bits per heavy atom. The zero-order valence-electron chi connectivity index (χ0n) is 20.0. The minimum absolute atomic E-state index is 0.0479. The zero-order chi connectivity index (χ0) is 26.2. The number of Topliss-reactive ketones (excluding diaryl/α,β-unsaturated/α-hetero) is 1. The predicted molar refractivity (Wildman–Crippen MR) is 138 cm³/mol. The molecule has 1 fully saturated rings. The number of aliphatic hydroxyl groups is 1. The number of carbonyl (C=O) groups is 2. The van der Waals surface area contributed by atoms with Crippen LogP contribution < -0.4 is 14.8 Å². The number of aliphatic hydroxyl groups excluding tert-OH is 1. The van der Waals surface area contributed by atoms with Crippen molar-refractivity contribution in [1.82, 2.24) is 0 Å². The number of primary sulfonamides is 1. The lowest BCUT2D eigenvalue weighted by Crippen LogP contribution is -2.29. The number of thiophene rings is 1. The summed E-state index contributed by atoms with van der Waals surface area (Å²) >= 11 is 1.33. The summed E-state index contributed by atoms with van der Waals surface area (Å²) in [4.78, 5) is 28.2. The van der Waals surface area contributed by atoms with Gasteiger partial charge in [-0.05, 0) is 72.3 Å². The molecule has 8 nitrogen and oxygen atoms in total. The van der Waals surface area contributed by atoms with Crippen molar-refractivity contribution in [1.29, 1.82) is 0 Å². The highest BCUT2D eigenvalue weighted by atomic mass is 32.2. The fourth-order valence-corrected chi connectivity index (χ4v) is 5.32. The van der Waals surface area contributed by atoms with Crippen molar-refractivity contribution in [3.8, 4) is 5.75 Å². The Bertz CT molecular complexity index is 1440. The molecule has 1 amide bonds. The highest BCUT2D eigenvalue weighted by Crippen LogP contribution is 2.44. The van der Waals surface area contributed by atoms with Gasteiger partial charge in [-0.1, -0.05) is 19.9 Å². The summed E-state index contributed by atoms with van der Waals surface area (Å²) < 4.78 is 29.1. The number of hydrogen-bond donors (Lipinski definition) is 2. The van der Waals surface area contributed by atoms with Crippen LogP contribution in [0.3, 0.4) is 0 Å². The third-order valence-electron chi connectivity index (χ3n) is 5.72. The molecule has 36 heavy (non-hydrogen) atoms. The molecule has 0 radical (unpaired) electrons. The molecule has 3 N–H and O–H groups in total. The van der Waals surface area contributed by atoms with Gasteiger partial charge in [-0.3, -0.25) is 14.5 Å². The van der Waals surface area contributed by atoms with Gasteiger partial charge in [0.25, 0.3) is 11.7 Å². The Balaban J connectivity index is 1.80. The summed E-state index contributed by atoms with van der Waals surface area (Å²) in [5.41, 5.74) is 1.41. The van der Waals surface area contributed by atoms with E-state index in [2.05, 4.69) is 0 Å². The van der Waals surface area contributed by atoms with Gasteiger partial charge in [0, 0.05) is 16.1 Å². The number of carbonyl (C=O) groups excluding carboxylic acids is 2. The maximum Gasteiger partial charge on any atom is 0.300 e. The molecule has 1 aliphatic heterocycles. The first-order valence-corrected chi connectivity index (χ1v) is 13.6. The summed E-state index contributed by atoms with van der Waals surface area (Å²) in [5, 5.41) is 18.3. The van der Waals surface area contributed by atoms with E-state index in [0.717, 1.165) is 5.56 Å². The lowest BCUT2D eigenvalue weighted by molar-refractivity contribution is -0.132. The quantitative estimate of drug-likeness (QED) is 0.267. The van der Waals surface area contributed by atoms with Crippen molar-refractivity contribution in [2.75, 3.05) is 11.5 Å². The summed E-state index contributed by atoms with van der Waals surface area (Å²) in [6.07, 6.45) is 0. The number of ether oxygens (including phenoxy) is 1. The van der Waals surface area contributed by atoms with E-state index in [-0.39, 0.29) is 16.2 Å². The third kappa shape index (κ3) is 4.92. The van der Waals surface area contributed by atoms with E-state index in [9.17, 15) is 23.1 Å². The van der Waals surface area contributed by atoms with Crippen LogP contribution in [-0.4, -0.2) is 31.8 Å². The Hall–Kier alpha value is -3.47. The Kier molecular flexibility index (Phi) is 7.03. The predicted octanol–water partition coefficient (Wildman–Crippen LogP) is 4.37. The van der Waals surface area contributed by atoms with Gasteiger partial charge >= 0.3 is 0 Å². The molecule has 1 aliphatic rings. The molecule has 0 bridgehead atoms. The minimum atomic E-state index is -3.93. The molecule has 0 spiro atoms. The molecule has 188 valence electrons. The smallest absolute Gasteiger partial charge is 0.300 e. The molecule has 0 saturated carbocycles. The van der Waals surface area contributed by atoms with E-state index in [0.29, 0.717) is 34.4 Å². The number of amides is 1. The van der Waals surface area contributed by atoms with Crippen molar-refractivity contribution in [2.24, 2.45) is 11.1 Å². The molecule has 1 unspecified atom stereocenters. The van der Waals surface area contributed by atoms with Crippen molar-refractivity contribution < 1.29 is 27.9 Å². The van der Waals surface area contributed by atoms with Gasteiger partial charge in [0.05, 0.1) is 17.1 Å². The number of benzene rings is 2. The number of aryl methyl sites for hydroxylation is 1. The van der Waals surface area contributed by atoms with E-state index in [4.69, 9.17) is 9.88 Å². The average molecular weight is 527 g/mol. The van der Waals surface area contributed by atoms with Gasteiger partial charge in [0.2, 0.25) is 10.0 Å². The topological polar surface area (TPSA) is 127 Å². The lowest BCUT2D eigenvalue weighted by Gasteiger charge is -2.24. The highest BCUT2D eigenvalue weighted by Gasteiger charge is 2.47. The van der Waals surface area contributed by atoms with Crippen LogP contribution in [0.5, 0.6) is 5.75 Å². The van der Waals surface area contributed by atoms with Crippen molar-refractivity contribution >= 4 is 44.5 Å². The van der Waals surface area contributed by atoms with Crippen molar-refractivity contribution in [3.63, 3.8) is 0 Å². The number of hydrogen-bond acceptors (Lipinski definition) is 7. The van der Waals surface area contributed by atoms with Gasteiger partial charge < -0.3 is 9.84 Å². The van der Waals surface area contributed by atoms with Gasteiger partial charge in [-0.15, -0.1) is 11.3 Å². The molecule has 4 rings (SSSR count). The van der Waals surface area contributed by atoms with Crippen molar-refractivity contribution in [3.05, 3.63) is 81.6 Å². The number of sulfonamides is 1. The maximum atomic E-state index is 13.2. The Morgan fingerprint density at radius 3 is 2.39 bits per heavy atom. The Morgan fingerprint density at radius 1 is 1.14 bits per heavy atom. The SMILES string of the molecule is Cc1cc(/C(O)=C2/C(=O)C(=O)N(c3ccc(S(N)(=O)=O)cc3)C2c2cccs2)ccc1OCC(C)C. The second-order valence-electron chi connectivity index (χ2n) is 8.91. The van der Waals surface area contributed by atoms with Crippen LogP contribution in [-0.2, 0) is 19.6 Å². The summed E-state index contributed by atoms with van der Waals surface area (Å²) in [5.74, 6) is -0.941. The van der Waals surface area contributed by atoms with E-state index < -0.39 is 27.8 Å². The van der Waals surface area contributed by atoms with E-state index in [1.54, 1.807) is 30.3 Å². The van der Waals surface area contributed by atoms with Crippen LogP contribution in [0.25, 0.3) is 5.76 Å². The van der Waals surface area contributed by atoms with E-state index >= 15 is 0 Å². The maximum absolute atomic E-state index is 13.2. The molecule has 2 heterocycles. The van der Waals surface area contributed by atoms with E-state index in [1.165, 1.54) is 40.5 Å². The van der Waals surface area contributed by atoms with Crippen LogP contribution in [0.15, 0.2) is 70.4 Å². The normalized spacial score (nSPS) is 17.7. The monoisotopic (exact) mass is 526 g/mol. The lowest BCUT2D eigenvalue weighted by atomic mass is 9.98. The molecular weight excluding hydrogens is 500 g/mol. The molecule has 2 aromatic carbocycles. The van der Waals surface area contributed by atoms with Crippen LogP contribution in [0, 0.1) is 12.8 Å². The summed E-state index contributed by atoms with van der Waals surface area (Å²) in [7, 11) is -3.93. The average Bonchev–Trinajstić information content (AvgIpc) is 3.44. The summed E-state index contributed by atoms with van der Waals surface area (Å²) in [6, 6.07) is 13.1. The summed E-state index contributed by atoms with van der Waals surface area (Å²) in [6.45, 7) is 6.47. The first-order valence-electron chi connectivity index (χ1n) is 11.2. The molecule has 0 aliphatic carbocycles. The number of nitrogens with zero attached hydrogens (tertiary/aromatic N) is 1. The van der Waals surface area contributed by atoms with Gasteiger partial charge in [0.15, 0.2) is 0 Å².